The first-order chi connectivity index (χ1) is 8.22. The number of nitrogens with one attached hydrogen (secondary N) is 1. The Hall–Kier alpha value is -0.650. The molecular formula is C12H25N3O2. The van der Waals surface area contributed by atoms with E-state index in [-0.39, 0.29) is 5.84 Å². The summed E-state index contributed by atoms with van der Waals surface area (Å²) in [6, 6.07) is 0. The minimum absolute atomic E-state index is 0.254. The van der Waals surface area contributed by atoms with Crippen molar-refractivity contribution >= 4 is 5.84 Å². The largest absolute Gasteiger partial charge is 0.388 e. The first kappa shape index (κ1) is 14.4. The summed E-state index contributed by atoms with van der Waals surface area (Å²) in [7, 11) is 1.71. The van der Waals surface area contributed by atoms with E-state index in [1.165, 1.54) is 12.8 Å². The molecule has 1 aliphatic rings. The number of nitrogens with two attached hydrogens (primary N) is 1. The van der Waals surface area contributed by atoms with Gasteiger partial charge in [0.15, 0.2) is 0 Å². The van der Waals surface area contributed by atoms with Crippen LogP contribution in [0.5, 0.6) is 0 Å². The van der Waals surface area contributed by atoms with Crippen molar-refractivity contribution in [2.24, 2.45) is 5.73 Å². The molecule has 1 heterocycles. The Labute approximate surface area is 104 Å². The Morgan fingerprint density at radius 3 is 2.88 bits per heavy atom. The minimum Gasteiger partial charge on any atom is -0.388 e. The topological polar surface area (TPSA) is 71.6 Å². The number of nitrogens with zero attached hydrogens (tertiary/aromatic N) is 1. The van der Waals surface area contributed by atoms with Crippen LogP contribution in [0, 0.1) is 5.41 Å². The SMILES string of the molecule is COCCN(CCC(=N)N)CCC1CCCO1. The van der Waals surface area contributed by atoms with Crippen LogP contribution in [0.4, 0.5) is 0 Å². The average Bonchev–Trinajstić information content (AvgIpc) is 2.80. The van der Waals surface area contributed by atoms with Gasteiger partial charge in [0.05, 0.1) is 18.5 Å². The standard InChI is InChI=1S/C12H25N3O2/c1-16-10-8-15(7-5-12(13)14)6-4-11-3-2-9-17-11/h11H,2-10H2,1H3,(H3,13,14). The van der Waals surface area contributed by atoms with Crippen LogP contribution in [0.3, 0.4) is 0 Å². The van der Waals surface area contributed by atoms with Gasteiger partial charge in [0, 0.05) is 39.8 Å². The van der Waals surface area contributed by atoms with E-state index in [4.69, 9.17) is 20.6 Å². The van der Waals surface area contributed by atoms with E-state index in [0.717, 1.165) is 39.3 Å². The van der Waals surface area contributed by atoms with Gasteiger partial charge in [-0.1, -0.05) is 0 Å². The highest BCUT2D eigenvalue weighted by Gasteiger charge is 2.16. The molecule has 0 bridgehead atoms. The predicted octanol–water partition coefficient (Wildman–Crippen LogP) is 0.830. The van der Waals surface area contributed by atoms with Gasteiger partial charge in [-0.2, -0.15) is 0 Å². The van der Waals surface area contributed by atoms with Crippen LogP contribution in [0.15, 0.2) is 0 Å². The maximum atomic E-state index is 7.26. The van der Waals surface area contributed by atoms with Crippen LogP contribution >= 0.6 is 0 Å². The number of hydrogen-bond acceptors (Lipinski definition) is 4. The molecule has 3 N–H and O–H groups in total. The Morgan fingerprint density at radius 2 is 2.29 bits per heavy atom. The molecule has 5 heteroatoms. The van der Waals surface area contributed by atoms with E-state index >= 15 is 0 Å². The fraction of sp³-hybridized carbons (Fsp3) is 0.917. The molecule has 5 nitrogen and oxygen atoms in total. The summed E-state index contributed by atoms with van der Waals surface area (Å²) in [4.78, 5) is 2.30. The molecule has 0 aromatic rings. The van der Waals surface area contributed by atoms with Crippen molar-refractivity contribution in [2.45, 2.75) is 31.8 Å². The van der Waals surface area contributed by atoms with Crippen molar-refractivity contribution in [3.05, 3.63) is 0 Å². The Kier molecular flexibility index (Phi) is 7.16. The summed E-state index contributed by atoms with van der Waals surface area (Å²) >= 11 is 0. The van der Waals surface area contributed by atoms with E-state index in [0.29, 0.717) is 12.5 Å². The highest BCUT2D eigenvalue weighted by atomic mass is 16.5. The van der Waals surface area contributed by atoms with Crippen LogP contribution in [-0.4, -0.2) is 56.8 Å². The lowest BCUT2D eigenvalue weighted by Gasteiger charge is -2.23. The van der Waals surface area contributed by atoms with E-state index in [9.17, 15) is 0 Å². The van der Waals surface area contributed by atoms with Gasteiger partial charge in [-0.15, -0.1) is 0 Å². The Balaban J connectivity index is 2.20. The number of amidine groups is 1. The summed E-state index contributed by atoms with van der Waals surface area (Å²) in [6.07, 6.45) is 4.51. The first-order valence-corrected chi connectivity index (χ1v) is 6.38. The van der Waals surface area contributed by atoms with Gasteiger partial charge in [-0.25, -0.2) is 0 Å². The van der Waals surface area contributed by atoms with E-state index in [2.05, 4.69) is 4.90 Å². The number of rotatable bonds is 9. The maximum Gasteiger partial charge on any atom is 0.0918 e. The second kappa shape index (κ2) is 8.44. The zero-order valence-corrected chi connectivity index (χ0v) is 10.8. The van der Waals surface area contributed by atoms with Crippen molar-refractivity contribution < 1.29 is 9.47 Å². The van der Waals surface area contributed by atoms with E-state index in [1.807, 2.05) is 0 Å². The predicted molar refractivity (Wildman–Crippen MR) is 68.4 cm³/mol. The van der Waals surface area contributed by atoms with Crippen molar-refractivity contribution in [3.63, 3.8) is 0 Å². The second-order valence-corrected chi connectivity index (χ2v) is 4.53. The molecule has 0 aromatic heterocycles. The zero-order chi connectivity index (χ0) is 12.5. The summed E-state index contributed by atoms with van der Waals surface area (Å²) in [5.74, 6) is 0.254. The number of ether oxygens (including phenoxy) is 2. The Morgan fingerprint density at radius 1 is 1.47 bits per heavy atom. The highest BCUT2D eigenvalue weighted by Crippen LogP contribution is 2.15. The van der Waals surface area contributed by atoms with Gasteiger partial charge in [0.25, 0.3) is 0 Å². The third kappa shape index (κ3) is 6.61. The molecule has 1 aliphatic heterocycles. The molecule has 1 rings (SSSR count). The quantitative estimate of drug-likeness (QED) is 0.465. The molecule has 1 fully saturated rings. The van der Waals surface area contributed by atoms with Crippen molar-refractivity contribution in [1.82, 2.24) is 4.90 Å². The lowest BCUT2D eigenvalue weighted by atomic mass is 10.1. The molecule has 17 heavy (non-hydrogen) atoms. The molecule has 1 saturated heterocycles. The lowest BCUT2D eigenvalue weighted by Crippen LogP contribution is -2.33. The van der Waals surface area contributed by atoms with Gasteiger partial charge in [-0.3, -0.25) is 5.41 Å². The zero-order valence-electron chi connectivity index (χ0n) is 10.8. The molecular weight excluding hydrogens is 218 g/mol. The molecule has 0 radical (unpaired) electrons. The normalized spacial score (nSPS) is 20.0. The van der Waals surface area contributed by atoms with Gasteiger partial charge in [0.1, 0.15) is 0 Å². The molecule has 1 atom stereocenters. The molecule has 0 saturated carbocycles. The molecule has 0 aliphatic carbocycles. The van der Waals surface area contributed by atoms with Crippen LogP contribution in [0.2, 0.25) is 0 Å². The van der Waals surface area contributed by atoms with E-state index in [1.54, 1.807) is 7.11 Å². The summed E-state index contributed by atoms with van der Waals surface area (Å²) in [5.41, 5.74) is 5.39. The highest BCUT2D eigenvalue weighted by molar-refractivity contribution is 5.76. The van der Waals surface area contributed by atoms with Gasteiger partial charge >= 0.3 is 0 Å². The molecule has 1 unspecified atom stereocenters. The molecule has 100 valence electrons. The lowest BCUT2D eigenvalue weighted by molar-refractivity contribution is 0.0856. The van der Waals surface area contributed by atoms with Gasteiger partial charge in [0.2, 0.25) is 0 Å². The maximum absolute atomic E-state index is 7.26. The summed E-state index contributed by atoms with van der Waals surface area (Å²) in [6.45, 7) is 4.38. The monoisotopic (exact) mass is 243 g/mol. The first-order valence-electron chi connectivity index (χ1n) is 6.38. The smallest absolute Gasteiger partial charge is 0.0918 e. The number of methoxy groups -OCH3 is 1. The third-order valence-corrected chi connectivity index (χ3v) is 3.10. The summed E-state index contributed by atoms with van der Waals surface area (Å²) < 4.78 is 10.7. The molecule has 0 spiro atoms. The van der Waals surface area contributed by atoms with Crippen LogP contribution in [0.25, 0.3) is 0 Å². The minimum atomic E-state index is 0.254. The van der Waals surface area contributed by atoms with Gasteiger partial charge < -0.3 is 20.1 Å². The van der Waals surface area contributed by atoms with Crippen LogP contribution < -0.4 is 5.73 Å². The van der Waals surface area contributed by atoms with Crippen LogP contribution in [0.1, 0.15) is 25.7 Å². The van der Waals surface area contributed by atoms with Crippen LogP contribution in [-0.2, 0) is 9.47 Å². The average molecular weight is 243 g/mol. The fourth-order valence-corrected chi connectivity index (χ4v) is 2.03. The molecule has 0 amide bonds. The number of hydrogen-bond donors (Lipinski definition) is 2. The van der Waals surface area contributed by atoms with Crippen molar-refractivity contribution in [1.29, 1.82) is 5.41 Å². The fourth-order valence-electron chi connectivity index (χ4n) is 2.03. The van der Waals surface area contributed by atoms with Gasteiger partial charge in [-0.05, 0) is 19.3 Å². The Bertz CT molecular complexity index is 218. The second-order valence-electron chi connectivity index (χ2n) is 4.53. The van der Waals surface area contributed by atoms with E-state index < -0.39 is 0 Å². The van der Waals surface area contributed by atoms with Crippen molar-refractivity contribution in [3.8, 4) is 0 Å². The summed E-state index contributed by atoms with van der Waals surface area (Å²) in [5, 5.41) is 7.26. The third-order valence-electron chi connectivity index (χ3n) is 3.10. The molecule has 0 aromatic carbocycles. The van der Waals surface area contributed by atoms with Crippen molar-refractivity contribution in [2.75, 3.05) is 40.0 Å².